The second kappa shape index (κ2) is 10.5. The number of carbonyl (C=O) groups excluding carboxylic acids is 2. The highest BCUT2D eigenvalue weighted by atomic mass is 16.5. The van der Waals surface area contributed by atoms with Crippen LogP contribution in [0.5, 0.6) is 0 Å². The summed E-state index contributed by atoms with van der Waals surface area (Å²) in [5.74, 6) is -0.000469. The molecule has 3 rings (SSSR count). The summed E-state index contributed by atoms with van der Waals surface area (Å²) in [6.45, 7) is 2.17. The van der Waals surface area contributed by atoms with Crippen molar-refractivity contribution < 1.29 is 14.3 Å². The first-order chi connectivity index (χ1) is 13.7. The van der Waals surface area contributed by atoms with Crippen molar-refractivity contribution in [1.29, 1.82) is 0 Å². The molecule has 2 N–H and O–H groups in total. The second-order valence-electron chi connectivity index (χ2n) is 6.88. The fraction of sp³-hybridized carbons (Fsp3) is 0.364. The van der Waals surface area contributed by atoms with Crippen LogP contribution in [0.1, 0.15) is 11.1 Å². The molecule has 2 aromatic carbocycles. The van der Waals surface area contributed by atoms with Gasteiger partial charge in [0.05, 0.1) is 6.10 Å². The maximum absolute atomic E-state index is 12.1. The Labute approximate surface area is 165 Å². The Morgan fingerprint density at radius 3 is 2.29 bits per heavy atom. The van der Waals surface area contributed by atoms with Gasteiger partial charge in [-0.2, -0.15) is 0 Å². The number of hydrogen-bond acceptors (Lipinski definition) is 3. The van der Waals surface area contributed by atoms with Gasteiger partial charge in [-0.05, 0) is 24.0 Å². The Hall–Kier alpha value is -2.86. The lowest BCUT2D eigenvalue weighted by atomic mass is 10.1. The molecular formula is C22H27N3O3. The largest absolute Gasteiger partial charge is 0.365 e. The minimum Gasteiger partial charge on any atom is -0.365 e. The van der Waals surface area contributed by atoms with Crippen LogP contribution in [0.2, 0.25) is 0 Å². The number of carbonyl (C=O) groups is 2. The van der Waals surface area contributed by atoms with Gasteiger partial charge in [0.25, 0.3) is 0 Å². The summed E-state index contributed by atoms with van der Waals surface area (Å²) in [7, 11) is 0. The maximum Gasteiger partial charge on any atom is 0.314 e. The van der Waals surface area contributed by atoms with E-state index in [9.17, 15) is 9.59 Å². The zero-order valence-corrected chi connectivity index (χ0v) is 16.0. The molecule has 1 saturated heterocycles. The normalized spacial score (nSPS) is 16.6. The molecule has 1 unspecified atom stereocenters. The minimum absolute atomic E-state index is 0.000469. The molecule has 0 radical (unpaired) electrons. The van der Waals surface area contributed by atoms with Crippen molar-refractivity contribution in [2.45, 2.75) is 18.9 Å². The lowest BCUT2D eigenvalue weighted by Gasteiger charge is -2.33. The summed E-state index contributed by atoms with van der Waals surface area (Å²) in [6, 6.07) is 19.9. The average Bonchev–Trinajstić information content (AvgIpc) is 2.74. The summed E-state index contributed by atoms with van der Waals surface area (Å²) in [6.07, 6.45) is 1.41. The molecule has 1 aliphatic heterocycles. The summed E-state index contributed by atoms with van der Waals surface area (Å²) >= 11 is 0. The maximum atomic E-state index is 12.1. The summed E-state index contributed by atoms with van der Waals surface area (Å²) in [4.78, 5) is 25.9. The fourth-order valence-corrected chi connectivity index (χ4v) is 3.16. The van der Waals surface area contributed by atoms with Crippen LogP contribution in [0, 0.1) is 0 Å². The molecule has 0 saturated carbocycles. The standard InChI is InChI=1S/C22H27N3O3/c26-21-17-28-20(16-25(21)14-12-19-9-5-2-6-10-19)15-24-22(27)23-13-11-18-7-3-1-4-8-18/h1-10,20H,11-17H2,(H2,23,24,27). The van der Waals surface area contributed by atoms with E-state index in [0.717, 1.165) is 12.8 Å². The van der Waals surface area contributed by atoms with Crippen molar-refractivity contribution in [3.05, 3.63) is 71.8 Å². The van der Waals surface area contributed by atoms with Crippen LogP contribution in [-0.2, 0) is 22.4 Å². The van der Waals surface area contributed by atoms with E-state index in [2.05, 4.69) is 22.8 Å². The molecule has 2 aromatic rings. The van der Waals surface area contributed by atoms with Crippen molar-refractivity contribution in [1.82, 2.24) is 15.5 Å². The molecule has 28 heavy (non-hydrogen) atoms. The van der Waals surface area contributed by atoms with Gasteiger partial charge in [-0.15, -0.1) is 0 Å². The van der Waals surface area contributed by atoms with Crippen molar-refractivity contribution in [3.8, 4) is 0 Å². The van der Waals surface area contributed by atoms with Gasteiger partial charge in [0.15, 0.2) is 0 Å². The molecular weight excluding hydrogens is 354 g/mol. The smallest absolute Gasteiger partial charge is 0.314 e. The molecule has 148 valence electrons. The highest BCUT2D eigenvalue weighted by molar-refractivity contribution is 5.78. The van der Waals surface area contributed by atoms with Crippen LogP contribution in [0.3, 0.4) is 0 Å². The summed E-state index contributed by atoms with van der Waals surface area (Å²) in [5, 5.41) is 5.69. The first-order valence-electron chi connectivity index (χ1n) is 9.69. The Bertz CT molecular complexity index is 752. The van der Waals surface area contributed by atoms with Gasteiger partial charge in [-0.1, -0.05) is 60.7 Å². The molecule has 1 atom stereocenters. The molecule has 0 aromatic heterocycles. The molecule has 0 aliphatic carbocycles. The van der Waals surface area contributed by atoms with Crippen LogP contribution in [0.15, 0.2) is 60.7 Å². The molecule has 1 aliphatic rings. The number of urea groups is 1. The quantitative estimate of drug-likeness (QED) is 0.735. The van der Waals surface area contributed by atoms with Gasteiger partial charge in [0, 0.05) is 26.2 Å². The van der Waals surface area contributed by atoms with Gasteiger partial charge in [-0.25, -0.2) is 4.79 Å². The third kappa shape index (κ3) is 6.39. The lowest BCUT2D eigenvalue weighted by molar-refractivity contribution is -0.148. The van der Waals surface area contributed by atoms with E-state index in [4.69, 9.17) is 4.74 Å². The number of ether oxygens (including phenoxy) is 1. The second-order valence-corrected chi connectivity index (χ2v) is 6.88. The number of amides is 3. The third-order valence-electron chi connectivity index (χ3n) is 4.76. The van der Waals surface area contributed by atoms with Crippen LogP contribution in [0.25, 0.3) is 0 Å². The molecule has 3 amide bonds. The molecule has 0 bridgehead atoms. The summed E-state index contributed by atoms with van der Waals surface area (Å²) in [5.41, 5.74) is 2.39. The minimum atomic E-state index is -0.215. The van der Waals surface area contributed by atoms with E-state index in [1.165, 1.54) is 11.1 Å². The Morgan fingerprint density at radius 2 is 1.61 bits per heavy atom. The van der Waals surface area contributed by atoms with E-state index in [-0.39, 0.29) is 24.6 Å². The number of morpholine rings is 1. The van der Waals surface area contributed by atoms with Gasteiger partial charge in [-0.3, -0.25) is 4.79 Å². The topological polar surface area (TPSA) is 70.7 Å². The monoisotopic (exact) mass is 381 g/mol. The number of rotatable bonds is 8. The molecule has 1 heterocycles. The zero-order chi connectivity index (χ0) is 19.6. The number of hydrogen-bond donors (Lipinski definition) is 2. The van der Waals surface area contributed by atoms with E-state index in [1.54, 1.807) is 0 Å². The van der Waals surface area contributed by atoms with Crippen LogP contribution >= 0.6 is 0 Å². The average molecular weight is 381 g/mol. The first-order valence-corrected chi connectivity index (χ1v) is 9.69. The predicted molar refractivity (Wildman–Crippen MR) is 108 cm³/mol. The van der Waals surface area contributed by atoms with Gasteiger partial charge in [0.2, 0.25) is 5.91 Å². The molecule has 1 fully saturated rings. The van der Waals surface area contributed by atoms with Gasteiger partial charge in [0.1, 0.15) is 6.61 Å². The van der Waals surface area contributed by atoms with Crippen molar-refractivity contribution in [3.63, 3.8) is 0 Å². The zero-order valence-electron chi connectivity index (χ0n) is 16.0. The SMILES string of the molecule is O=C(NCCc1ccccc1)NCC1CN(CCc2ccccc2)C(=O)CO1. The Morgan fingerprint density at radius 1 is 0.964 bits per heavy atom. The van der Waals surface area contributed by atoms with Crippen LogP contribution < -0.4 is 10.6 Å². The van der Waals surface area contributed by atoms with Crippen molar-refractivity contribution in [2.75, 3.05) is 32.8 Å². The Balaban J connectivity index is 1.35. The highest BCUT2D eigenvalue weighted by Gasteiger charge is 2.26. The molecule has 6 heteroatoms. The first kappa shape index (κ1) is 19.9. The molecule has 6 nitrogen and oxygen atoms in total. The lowest BCUT2D eigenvalue weighted by Crippen LogP contribution is -2.52. The van der Waals surface area contributed by atoms with E-state index in [0.29, 0.717) is 26.2 Å². The van der Waals surface area contributed by atoms with Crippen molar-refractivity contribution >= 4 is 11.9 Å². The number of nitrogens with one attached hydrogen (secondary N) is 2. The summed E-state index contributed by atoms with van der Waals surface area (Å²) < 4.78 is 5.56. The van der Waals surface area contributed by atoms with E-state index in [1.807, 2.05) is 53.4 Å². The Kier molecular flexibility index (Phi) is 7.44. The van der Waals surface area contributed by atoms with Gasteiger partial charge >= 0.3 is 6.03 Å². The van der Waals surface area contributed by atoms with Crippen molar-refractivity contribution in [2.24, 2.45) is 0 Å². The number of nitrogens with zero attached hydrogens (tertiary/aromatic N) is 1. The third-order valence-corrected chi connectivity index (χ3v) is 4.76. The fourth-order valence-electron chi connectivity index (χ4n) is 3.16. The van der Waals surface area contributed by atoms with Crippen LogP contribution in [0.4, 0.5) is 4.79 Å². The molecule has 0 spiro atoms. The predicted octanol–water partition coefficient (Wildman–Crippen LogP) is 2.00. The number of benzene rings is 2. The van der Waals surface area contributed by atoms with Gasteiger partial charge < -0.3 is 20.3 Å². The van der Waals surface area contributed by atoms with E-state index < -0.39 is 0 Å². The highest BCUT2D eigenvalue weighted by Crippen LogP contribution is 2.08. The van der Waals surface area contributed by atoms with Crippen LogP contribution in [-0.4, -0.2) is 55.7 Å². The van der Waals surface area contributed by atoms with E-state index >= 15 is 0 Å².